The maximum atomic E-state index is 5.98. The smallest absolute Gasteiger partial charge is 0.188 e. The summed E-state index contributed by atoms with van der Waals surface area (Å²) in [5.41, 5.74) is 0.856. The third kappa shape index (κ3) is 3.65. The van der Waals surface area contributed by atoms with Crippen LogP contribution in [0.1, 0.15) is 30.6 Å². The van der Waals surface area contributed by atoms with Gasteiger partial charge in [0.2, 0.25) is 0 Å². The van der Waals surface area contributed by atoms with Crippen molar-refractivity contribution in [3.05, 3.63) is 65.5 Å². The van der Waals surface area contributed by atoms with Gasteiger partial charge in [-0.15, -0.1) is 5.10 Å². The molecule has 0 spiro atoms. The van der Waals surface area contributed by atoms with Crippen molar-refractivity contribution in [1.82, 2.24) is 19.7 Å². The van der Waals surface area contributed by atoms with E-state index < -0.39 is 0 Å². The highest BCUT2D eigenvalue weighted by molar-refractivity contribution is 6.30. The second kappa shape index (κ2) is 7.21. The highest BCUT2D eigenvalue weighted by Crippen LogP contribution is 2.29. The monoisotopic (exact) mass is 356 g/mol. The summed E-state index contributed by atoms with van der Waals surface area (Å²) in [5, 5.41) is 5.22. The molecule has 4 rings (SSSR count). The normalized spacial score (nSPS) is 16.9. The maximum Gasteiger partial charge on any atom is 0.188 e. The maximum absolute atomic E-state index is 5.98. The summed E-state index contributed by atoms with van der Waals surface area (Å²) in [6.45, 7) is 1.01. The number of halogens is 1. The fraction of sp³-hybridized carbons (Fsp3) is 0.278. The third-order valence-electron chi connectivity index (χ3n) is 3.95. The second-order valence-electron chi connectivity index (χ2n) is 5.76. The van der Waals surface area contributed by atoms with E-state index in [4.69, 9.17) is 21.1 Å². The van der Waals surface area contributed by atoms with Crippen LogP contribution >= 0.6 is 11.6 Å². The zero-order valence-corrected chi connectivity index (χ0v) is 14.3. The van der Waals surface area contributed by atoms with Crippen LogP contribution < -0.4 is 4.74 Å². The van der Waals surface area contributed by atoms with E-state index in [1.165, 1.54) is 0 Å². The van der Waals surface area contributed by atoms with Gasteiger partial charge < -0.3 is 9.47 Å². The number of ether oxygens (including phenoxy) is 2. The van der Waals surface area contributed by atoms with E-state index in [9.17, 15) is 0 Å². The van der Waals surface area contributed by atoms with Crippen LogP contribution in [-0.2, 0) is 11.3 Å². The first-order valence-electron chi connectivity index (χ1n) is 8.16. The van der Waals surface area contributed by atoms with E-state index in [1.54, 1.807) is 29.2 Å². The van der Waals surface area contributed by atoms with Crippen molar-refractivity contribution in [3.63, 3.8) is 0 Å². The number of hydrogen-bond donors (Lipinski definition) is 0. The van der Waals surface area contributed by atoms with Crippen molar-refractivity contribution in [2.24, 2.45) is 0 Å². The van der Waals surface area contributed by atoms with Gasteiger partial charge in [-0.2, -0.15) is 0 Å². The van der Waals surface area contributed by atoms with Gasteiger partial charge in [-0.25, -0.2) is 9.67 Å². The van der Waals surface area contributed by atoms with Crippen molar-refractivity contribution in [1.29, 1.82) is 0 Å². The minimum atomic E-state index is -0.0485. The molecule has 0 unspecified atom stereocenters. The molecule has 0 N–H and O–H groups in total. The Labute approximate surface area is 150 Å². The molecule has 1 atom stereocenters. The summed E-state index contributed by atoms with van der Waals surface area (Å²) in [6, 6.07) is 11.1. The van der Waals surface area contributed by atoms with Crippen LogP contribution in [-0.4, -0.2) is 26.4 Å². The average Bonchev–Trinajstić information content (AvgIpc) is 3.30. The average molecular weight is 357 g/mol. The van der Waals surface area contributed by atoms with Crippen molar-refractivity contribution in [2.45, 2.75) is 25.6 Å². The lowest BCUT2D eigenvalue weighted by Gasteiger charge is -2.10. The highest BCUT2D eigenvalue weighted by atomic mass is 35.5. The Morgan fingerprint density at radius 2 is 2.24 bits per heavy atom. The Morgan fingerprint density at radius 3 is 3.00 bits per heavy atom. The van der Waals surface area contributed by atoms with Crippen molar-refractivity contribution >= 4 is 11.6 Å². The Hall–Kier alpha value is -2.44. The SMILES string of the molecule is Clc1cccc(OCc2nc([C@@H]3CCCO3)n(-c3cccnc3)n2)c1. The number of pyridine rings is 1. The van der Waals surface area contributed by atoms with Gasteiger partial charge >= 0.3 is 0 Å². The largest absolute Gasteiger partial charge is 0.485 e. The lowest BCUT2D eigenvalue weighted by molar-refractivity contribution is 0.103. The van der Waals surface area contributed by atoms with Crippen LogP contribution in [0.4, 0.5) is 0 Å². The summed E-state index contributed by atoms with van der Waals surface area (Å²) in [4.78, 5) is 8.81. The van der Waals surface area contributed by atoms with E-state index >= 15 is 0 Å². The molecule has 0 bridgehead atoms. The molecule has 2 aromatic heterocycles. The van der Waals surface area contributed by atoms with Crippen LogP contribution in [0.3, 0.4) is 0 Å². The molecule has 6 nitrogen and oxygen atoms in total. The van der Waals surface area contributed by atoms with Gasteiger partial charge in [0, 0.05) is 17.8 Å². The Bertz CT molecular complexity index is 847. The van der Waals surface area contributed by atoms with Crippen molar-refractivity contribution in [3.8, 4) is 11.4 Å². The lowest BCUT2D eigenvalue weighted by Crippen LogP contribution is -2.08. The van der Waals surface area contributed by atoms with Crippen molar-refractivity contribution in [2.75, 3.05) is 6.61 Å². The molecule has 3 heterocycles. The van der Waals surface area contributed by atoms with Gasteiger partial charge in [-0.3, -0.25) is 4.98 Å². The predicted molar refractivity (Wildman–Crippen MR) is 92.9 cm³/mol. The van der Waals surface area contributed by atoms with Gasteiger partial charge in [0.15, 0.2) is 11.6 Å². The highest BCUT2D eigenvalue weighted by Gasteiger charge is 2.25. The van der Waals surface area contributed by atoms with Crippen LogP contribution in [0.2, 0.25) is 5.02 Å². The summed E-state index contributed by atoms with van der Waals surface area (Å²) < 4.78 is 13.3. The first-order valence-corrected chi connectivity index (χ1v) is 8.53. The van der Waals surface area contributed by atoms with E-state index in [0.29, 0.717) is 16.6 Å². The number of rotatable bonds is 5. The van der Waals surface area contributed by atoms with Crippen LogP contribution in [0.15, 0.2) is 48.8 Å². The summed E-state index contributed by atoms with van der Waals surface area (Å²) in [5.74, 6) is 2.06. The zero-order chi connectivity index (χ0) is 17.1. The molecule has 1 fully saturated rings. The molecule has 128 valence electrons. The van der Waals surface area contributed by atoms with Gasteiger partial charge in [-0.1, -0.05) is 17.7 Å². The molecule has 1 aliphatic heterocycles. The molecule has 25 heavy (non-hydrogen) atoms. The molecule has 1 saturated heterocycles. The molecular formula is C18H17ClN4O2. The molecule has 1 aromatic carbocycles. The van der Waals surface area contributed by atoms with Gasteiger partial charge in [0.1, 0.15) is 18.5 Å². The molecular weight excluding hydrogens is 340 g/mol. The van der Waals surface area contributed by atoms with E-state index in [2.05, 4.69) is 15.1 Å². The zero-order valence-electron chi connectivity index (χ0n) is 13.5. The Balaban J connectivity index is 1.60. The number of nitrogens with zero attached hydrogens (tertiary/aromatic N) is 4. The fourth-order valence-corrected chi connectivity index (χ4v) is 2.97. The Kier molecular flexibility index (Phi) is 4.63. The van der Waals surface area contributed by atoms with Crippen LogP contribution in [0.5, 0.6) is 5.75 Å². The molecule has 0 radical (unpaired) electrons. The van der Waals surface area contributed by atoms with Crippen LogP contribution in [0.25, 0.3) is 5.69 Å². The Morgan fingerprint density at radius 1 is 1.28 bits per heavy atom. The predicted octanol–water partition coefficient (Wildman–Crippen LogP) is 3.75. The van der Waals surface area contributed by atoms with Crippen LogP contribution in [0, 0.1) is 0 Å². The van der Waals surface area contributed by atoms with Gasteiger partial charge in [0.05, 0.1) is 11.9 Å². The minimum absolute atomic E-state index is 0.0485. The molecule has 0 saturated carbocycles. The number of hydrogen-bond acceptors (Lipinski definition) is 5. The topological polar surface area (TPSA) is 62.1 Å². The standard InChI is InChI=1S/C18H17ClN4O2/c19-13-4-1-6-15(10-13)25-12-17-21-18(16-7-3-9-24-16)23(22-17)14-5-2-8-20-11-14/h1-2,4-6,8,10-11,16H,3,7,9,12H2/t16-/m0/s1. The van der Waals surface area contributed by atoms with E-state index in [0.717, 1.165) is 31.0 Å². The molecule has 1 aliphatic rings. The number of aromatic nitrogens is 4. The summed E-state index contributed by atoms with van der Waals surface area (Å²) in [6.07, 6.45) is 5.41. The summed E-state index contributed by atoms with van der Waals surface area (Å²) in [7, 11) is 0. The second-order valence-corrected chi connectivity index (χ2v) is 6.19. The molecule has 0 aliphatic carbocycles. The van der Waals surface area contributed by atoms with E-state index in [-0.39, 0.29) is 12.7 Å². The minimum Gasteiger partial charge on any atom is -0.485 e. The molecule has 7 heteroatoms. The number of benzene rings is 1. The first-order chi connectivity index (χ1) is 12.3. The summed E-state index contributed by atoms with van der Waals surface area (Å²) >= 11 is 5.98. The molecule has 0 amide bonds. The van der Waals surface area contributed by atoms with Gasteiger partial charge in [-0.05, 0) is 43.2 Å². The van der Waals surface area contributed by atoms with Gasteiger partial charge in [0.25, 0.3) is 0 Å². The third-order valence-corrected chi connectivity index (χ3v) is 4.18. The molecule has 3 aromatic rings. The van der Waals surface area contributed by atoms with Crippen molar-refractivity contribution < 1.29 is 9.47 Å². The first kappa shape index (κ1) is 16.1. The quantitative estimate of drug-likeness (QED) is 0.696. The van der Waals surface area contributed by atoms with E-state index in [1.807, 2.05) is 24.3 Å². The lowest BCUT2D eigenvalue weighted by atomic mass is 10.2. The fourth-order valence-electron chi connectivity index (χ4n) is 2.79.